The highest BCUT2D eigenvalue weighted by Gasteiger charge is 2.21. The number of pyridine rings is 1. The standard InChI is InChI=1S/C24H28N2O2/c1-17-6-4-7-19(12-17)24-20(15-26-11-5-8-22(16-26)28-3)13-18-9-10-21(27-2)14-23(18)25-24/h4,6-7,9-10,12-14,22H,5,8,11,15-16H2,1-3H3/t22-/m0/s1. The minimum Gasteiger partial charge on any atom is -0.497 e. The molecule has 0 amide bonds. The first-order valence-electron chi connectivity index (χ1n) is 9.96. The molecule has 0 unspecified atom stereocenters. The third-order valence-corrected chi connectivity index (χ3v) is 5.58. The maximum atomic E-state index is 5.61. The lowest BCUT2D eigenvalue weighted by molar-refractivity contribution is 0.0286. The average molecular weight is 377 g/mol. The van der Waals surface area contributed by atoms with Crippen LogP contribution in [0.25, 0.3) is 22.2 Å². The normalized spacial score (nSPS) is 17.8. The number of methoxy groups -OCH3 is 2. The van der Waals surface area contributed by atoms with Gasteiger partial charge in [0.05, 0.1) is 24.4 Å². The molecule has 1 atom stereocenters. The number of piperidine rings is 1. The number of hydrogen-bond donors (Lipinski definition) is 0. The van der Waals surface area contributed by atoms with Gasteiger partial charge < -0.3 is 9.47 Å². The number of benzene rings is 2. The van der Waals surface area contributed by atoms with Gasteiger partial charge in [0.25, 0.3) is 0 Å². The Balaban J connectivity index is 1.77. The lowest BCUT2D eigenvalue weighted by atomic mass is 10.00. The Morgan fingerprint density at radius 3 is 2.79 bits per heavy atom. The molecule has 3 aromatic rings. The van der Waals surface area contributed by atoms with Crippen LogP contribution in [0.1, 0.15) is 24.0 Å². The van der Waals surface area contributed by atoms with E-state index < -0.39 is 0 Å². The molecular weight excluding hydrogens is 348 g/mol. The van der Waals surface area contributed by atoms with Crippen molar-refractivity contribution in [3.8, 4) is 17.0 Å². The largest absolute Gasteiger partial charge is 0.497 e. The van der Waals surface area contributed by atoms with Crippen LogP contribution in [0.3, 0.4) is 0 Å². The fraction of sp³-hybridized carbons (Fsp3) is 0.375. The summed E-state index contributed by atoms with van der Waals surface area (Å²) in [6.45, 7) is 5.09. The number of likely N-dealkylation sites (tertiary alicyclic amines) is 1. The molecule has 146 valence electrons. The van der Waals surface area contributed by atoms with Crippen molar-refractivity contribution in [1.82, 2.24) is 9.88 Å². The van der Waals surface area contributed by atoms with Gasteiger partial charge >= 0.3 is 0 Å². The molecule has 0 bridgehead atoms. The van der Waals surface area contributed by atoms with E-state index in [9.17, 15) is 0 Å². The third kappa shape index (κ3) is 4.03. The van der Waals surface area contributed by atoms with E-state index in [1.807, 2.05) is 19.2 Å². The SMILES string of the molecule is COc1ccc2cc(CN3CCC[C@H](OC)C3)c(-c3cccc(C)c3)nc2c1. The molecule has 4 rings (SSSR count). The Labute approximate surface area is 167 Å². The molecular formula is C24H28N2O2. The van der Waals surface area contributed by atoms with Crippen LogP contribution >= 0.6 is 0 Å². The monoisotopic (exact) mass is 376 g/mol. The molecule has 1 aliphatic rings. The molecule has 4 nitrogen and oxygen atoms in total. The number of fused-ring (bicyclic) bond motifs is 1. The highest BCUT2D eigenvalue weighted by atomic mass is 16.5. The summed E-state index contributed by atoms with van der Waals surface area (Å²) in [5.74, 6) is 0.835. The van der Waals surface area contributed by atoms with Crippen LogP contribution in [0.15, 0.2) is 48.5 Å². The van der Waals surface area contributed by atoms with Crippen LogP contribution in [0, 0.1) is 6.92 Å². The number of ether oxygens (including phenoxy) is 2. The van der Waals surface area contributed by atoms with Gasteiger partial charge in [0.15, 0.2) is 0 Å². The zero-order valence-corrected chi connectivity index (χ0v) is 16.9. The van der Waals surface area contributed by atoms with Crippen LogP contribution in [0.5, 0.6) is 5.75 Å². The van der Waals surface area contributed by atoms with Crippen molar-refractivity contribution in [2.45, 2.75) is 32.4 Å². The van der Waals surface area contributed by atoms with E-state index >= 15 is 0 Å². The highest BCUT2D eigenvalue weighted by Crippen LogP contribution is 2.30. The lowest BCUT2D eigenvalue weighted by Gasteiger charge is -2.32. The first kappa shape index (κ1) is 18.9. The Bertz CT molecular complexity index is 970. The lowest BCUT2D eigenvalue weighted by Crippen LogP contribution is -2.38. The molecule has 0 N–H and O–H groups in total. The summed E-state index contributed by atoms with van der Waals surface area (Å²) in [6, 6.07) is 17.0. The summed E-state index contributed by atoms with van der Waals surface area (Å²) in [6.07, 6.45) is 2.65. The molecule has 1 saturated heterocycles. The molecule has 0 aliphatic carbocycles. The van der Waals surface area contributed by atoms with Gasteiger partial charge in [-0.15, -0.1) is 0 Å². The molecule has 28 heavy (non-hydrogen) atoms. The predicted octanol–water partition coefficient (Wildman–Crippen LogP) is 4.83. The zero-order chi connectivity index (χ0) is 19.5. The molecule has 1 aromatic heterocycles. The van der Waals surface area contributed by atoms with E-state index in [1.165, 1.54) is 23.1 Å². The Morgan fingerprint density at radius 1 is 1.11 bits per heavy atom. The average Bonchev–Trinajstić information content (AvgIpc) is 2.73. The third-order valence-electron chi connectivity index (χ3n) is 5.58. The molecule has 0 saturated carbocycles. The predicted molar refractivity (Wildman–Crippen MR) is 114 cm³/mol. The number of nitrogens with zero attached hydrogens (tertiary/aromatic N) is 2. The van der Waals surface area contributed by atoms with Crippen molar-refractivity contribution >= 4 is 10.9 Å². The quantitative estimate of drug-likeness (QED) is 0.639. The summed E-state index contributed by atoms with van der Waals surface area (Å²) < 4.78 is 11.0. The second-order valence-electron chi connectivity index (χ2n) is 7.66. The second kappa shape index (κ2) is 8.29. The number of aromatic nitrogens is 1. The van der Waals surface area contributed by atoms with Gasteiger partial charge in [0, 0.05) is 37.2 Å². The van der Waals surface area contributed by atoms with Gasteiger partial charge in [0.2, 0.25) is 0 Å². The topological polar surface area (TPSA) is 34.6 Å². The van der Waals surface area contributed by atoms with Gasteiger partial charge in [-0.25, -0.2) is 4.98 Å². The van der Waals surface area contributed by atoms with E-state index in [1.54, 1.807) is 7.11 Å². The molecule has 0 radical (unpaired) electrons. The van der Waals surface area contributed by atoms with Crippen LogP contribution < -0.4 is 4.74 Å². The number of rotatable bonds is 5. The highest BCUT2D eigenvalue weighted by molar-refractivity contribution is 5.84. The van der Waals surface area contributed by atoms with Gasteiger partial charge in [0.1, 0.15) is 5.75 Å². The fourth-order valence-electron chi connectivity index (χ4n) is 4.07. The van der Waals surface area contributed by atoms with Crippen molar-refractivity contribution < 1.29 is 9.47 Å². The van der Waals surface area contributed by atoms with Crippen molar-refractivity contribution in [1.29, 1.82) is 0 Å². The van der Waals surface area contributed by atoms with Crippen LogP contribution in [-0.4, -0.2) is 43.3 Å². The smallest absolute Gasteiger partial charge is 0.121 e. The minimum absolute atomic E-state index is 0.328. The van der Waals surface area contributed by atoms with Crippen LogP contribution in [0.2, 0.25) is 0 Å². The molecule has 2 heterocycles. The molecule has 1 aliphatic heterocycles. The van der Waals surface area contributed by atoms with E-state index in [2.05, 4.69) is 48.2 Å². The summed E-state index contributed by atoms with van der Waals surface area (Å²) >= 11 is 0. The van der Waals surface area contributed by atoms with Crippen molar-refractivity contribution in [2.24, 2.45) is 0 Å². The Kier molecular flexibility index (Phi) is 5.60. The first-order chi connectivity index (χ1) is 13.7. The van der Waals surface area contributed by atoms with Crippen LogP contribution in [-0.2, 0) is 11.3 Å². The maximum absolute atomic E-state index is 5.61. The van der Waals surface area contributed by atoms with E-state index in [0.29, 0.717) is 6.10 Å². The van der Waals surface area contributed by atoms with Crippen molar-refractivity contribution in [3.05, 3.63) is 59.7 Å². The van der Waals surface area contributed by atoms with E-state index in [4.69, 9.17) is 14.5 Å². The minimum atomic E-state index is 0.328. The van der Waals surface area contributed by atoms with Crippen LogP contribution in [0.4, 0.5) is 0 Å². The zero-order valence-electron chi connectivity index (χ0n) is 16.9. The summed E-state index contributed by atoms with van der Waals surface area (Å²) in [7, 11) is 3.51. The van der Waals surface area contributed by atoms with Gasteiger partial charge in [-0.2, -0.15) is 0 Å². The molecule has 2 aromatic carbocycles. The van der Waals surface area contributed by atoms with Crippen molar-refractivity contribution in [3.63, 3.8) is 0 Å². The van der Waals surface area contributed by atoms with Gasteiger partial charge in [-0.3, -0.25) is 4.90 Å². The fourth-order valence-corrected chi connectivity index (χ4v) is 4.07. The number of hydrogen-bond acceptors (Lipinski definition) is 4. The Hall–Kier alpha value is -2.43. The van der Waals surface area contributed by atoms with E-state index in [0.717, 1.165) is 48.4 Å². The van der Waals surface area contributed by atoms with Gasteiger partial charge in [-0.1, -0.05) is 23.8 Å². The van der Waals surface area contributed by atoms with Gasteiger partial charge in [-0.05, 0) is 56.1 Å². The summed E-state index contributed by atoms with van der Waals surface area (Å²) in [4.78, 5) is 7.55. The molecule has 0 spiro atoms. The first-order valence-corrected chi connectivity index (χ1v) is 9.96. The molecule has 1 fully saturated rings. The molecule has 4 heteroatoms. The summed E-state index contributed by atoms with van der Waals surface area (Å²) in [5, 5.41) is 1.15. The second-order valence-corrected chi connectivity index (χ2v) is 7.66. The number of aryl methyl sites for hydroxylation is 1. The van der Waals surface area contributed by atoms with E-state index in [-0.39, 0.29) is 0 Å². The summed E-state index contributed by atoms with van der Waals surface area (Å²) in [5.41, 5.74) is 5.70. The maximum Gasteiger partial charge on any atom is 0.121 e. The Morgan fingerprint density at radius 2 is 2.00 bits per heavy atom. The van der Waals surface area contributed by atoms with Crippen molar-refractivity contribution in [2.75, 3.05) is 27.3 Å².